The van der Waals surface area contributed by atoms with E-state index in [2.05, 4.69) is 4.98 Å². The number of ether oxygens (including phenoxy) is 2. The number of rotatable bonds is 3. The predicted octanol–water partition coefficient (Wildman–Crippen LogP) is 5.30. The summed E-state index contributed by atoms with van der Waals surface area (Å²) in [6.07, 6.45) is 5.11. The van der Waals surface area contributed by atoms with Crippen molar-refractivity contribution in [1.82, 2.24) is 4.98 Å². The smallest absolute Gasteiger partial charge is 0.446 e. The second-order valence-corrected chi connectivity index (χ2v) is 7.22. The van der Waals surface area contributed by atoms with Crippen LogP contribution < -0.4 is 9.47 Å². The number of aromatic nitrogens is 1. The van der Waals surface area contributed by atoms with E-state index in [1.165, 1.54) is 19.2 Å². The summed E-state index contributed by atoms with van der Waals surface area (Å²) in [7, 11) is 1.54. The first-order valence-electron chi connectivity index (χ1n) is 7.48. The van der Waals surface area contributed by atoms with Crippen molar-refractivity contribution in [1.29, 1.82) is 0 Å². The van der Waals surface area contributed by atoms with Crippen LogP contribution in [0.1, 0.15) is 25.0 Å². The molecule has 1 aromatic heterocycles. The summed E-state index contributed by atoms with van der Waals surface area (Å²) >= 11 is -0.145. The third-order valence-corrected chi connectivity index (χ3v) is 4.32. The van der Waals surface area contributed by atoms with Crippen molar-refractivity contribution >= 4 is 17.3 Å². The molecule has 2 aromatic rings. The zero-order valence-corrected chi connectivity index (χ0v) is 14.7. The number of hydrogen-bond acceptors (Lipinski definition) is 4. The normalized spacial score (nSPS) is 15.8. The maximum atomic E-state index is 12.7. The minimum Gasteiger partial charge on any atom is -0.495 e. The lowest BCUT2D eigenvalue weighted by Crippen LogP contribution is -2.29. The van der Waals surface area contributed by atoms with Gasteiger partial charge in [-0.1, -0.05) is 0 Å². The van der Waals surface area contributed by atoms with Crippen LogP contribution in [0.3, 0.4) is 0 Å². The SMILES string of the molecule is COc1cncc(C2=CC(C)(C)Oc3ccc(SC(F)(F)F)cc32)c1. The van der Waals surface area contributed by atoms with Gasteiger partial charge in [0.05, 0.1) is 13.3 Å². The number of halogens is 3. The van der Waals surface area contributed by atoms with Crippen LogP contribution in [-0.2, 0) is 0 Å². The largest absolute Gasteiger partial charge is 0.495 e. The Morgan fingerprint density at radius 3 is 2.60 bits per heavy atom. The Kier molecular flexibility index (Phi) is 4.45. The van der Waals surface area contributed by atoms with E-state index in [0.717, 1.165) is 11.1 Å². The molecule has 3 nitrogen and oxygen atoms in total. The van der Waals surface area contributed by atoms with Crippen LogP contribution in [0, 0.1) is 0 Å². The minimum atomic E-state index is -4.34. The summed E-state index contributed by atoms with van der Waals surface area (Å²) in [4.78, 5) is 4.25. The number of thioether (sulfide) groups is 1. The highest BCUT2D eigenvalue weighted by molar-refractivity contribution is 8.00. The highest BCUT2D eigenvalue weighted by atomic mass is 32.2. The first-order valence-corrected chi connectivity index (χ1v) is 8.30. The molecule has 0 radical (unpaired) electrons. The number of fused-ring (bicyclic) bond motifs is 1. The molecule has 1 aliphatic heterocycles. The number of benzene rings is 1. The van der Waals surface area contributed by atoms with Gasteiger partial charge in [0, 0.05) is 22.2 Å². The van der Waals surface area contributed by atoms with Crippen molar-refractivity contribution in [2.24, 2.45) is 0 Å². The molecule has 0 saturated heterocycles. The molecule has 0 atom stereocenters. The molecule has 0 amide bonds. The van der Waals surface area contributed by atoms with Crippen LogP contribution in [0.5, 0.6) is 11.5 Å². The van der Waals surface area contributed by atoms with Gasteiger partial charge in [-0.25, -0.2) is 0 Å². The summed E-state index contributed by atoms with van der Waals surface area (Å²) in [6.45, 7) is 3.78. The molecule has 1 aromatic carbocycles. The topological polar surface area (TPSA) is 31.4 Å². The molecule has 0 N–H and O–H groups in total. The number of hydrogen-bond donors (Lipinski definition) is 0. The number of methoxy groups -OCH3 is 1. The molecular formula is C18H16F3NO2S. The fourth-order valence-corrected chi connectivity index (χ4v) is 3.24. The van der Waals surface area contributed by atoms with Crippen LogP contribution in [0.25, 0.3) is 5.57 Å². The van der Waals surface area contributed by atoms with Gasteiger partial charge in [-0.05, 0) is 61.5 Å². The van der Waals surface area contributed by atoms with Crippen molar-refractivity contribution < 1.29 is 22.6 Å². The van der Waals surface area contributed by atoms with E-state index in [4.69, 9.17) is 9.47 Å². The molecule has 7 heteroatoms. The zero-order chi connectivity index (χ0) is 18.2. The lowest BCUT2D eigenvalue weighted by atomic mass is 9.90. The lowest BCUT2D eigenvalue weighted by molar-refractivity contribution is -0.0328. The molecular weight excluding hydrogens is 351 g/mol. The molecule has 132 valence electrons. The van der Waals surface area contributed by atoms with Crippen LogP contribution in [0.15, 0.2) is 47.6 Å². The number of pyridine rings is 1. The van der Waals surface area contributed by atoms with Crippen LogP contribution in [0.4, 0.5) is 13.2 Å². The van der Waals surface area contributed by atoms with Crippen molar-refractivity contribution in [3.63, 3.8) is 0 Å². The van der Waals surface area contributed by atoms with Gasteiger partial charge in [-0.15, -0.1) is 0 Å². The van der Waals surface area contributed by atoms with Crippen LogP contribution >= 0.6 is 11.8 Å². The summed E-state index contributed by atoms with van der Waals surface area (Å²) in [5.41, 5.74) is -2.81. The highest BCUT2D eigenvalue weighted by Gasteiger charge is 2.32. The van der Waals surface area contributed by atoms with Gasteiger partial charge in [0.1, 0.15) is 17.1 Å². The maximum Gasteiger partial charge on any atom is 0.446 e. The quantitative estimate of drug-likeness (QED) is 0.689. The monoisotopic (exact) mass is 367 g/mol. The van der Waals surface area contributed by atoms with Gasteiger partial charge in [0.15, 0.2) is 0 Å². The summed E-state index contributed by atoms with van der Waals surface area (Å²) in [6, 6.07) is 6.28. The Labute approximate surface area is 147 Å². The number of alkyl halides is 3. The molecule has 0 aliphatic carbocycles. The van der Waals surface area contributed by atoms with Crippen molar-refractivity contribution in [2.45, 2.75) is 29.9 Å². The van der Waals surface area contributed by atoms with Gasteiger partial charge >= 0.3 is 5.51 Å². The molecule has 0 saturated carbocycles. The van der Waals surface area contributed by atoms with Crippen molar-refractivity contribution in [2.75, 3.05) is 7.11 Å². The molecule has 2 heterocycles. The van der Waals surface area contributed by atoms with E-state index in [1.54, 1.807) is 24.5 Å². The van der Waals surface area contributed by atoms with E-state index in [9.17, 15) is 13.2 Å². The van der Waals surface area contributed by atoms with Gasteiger partial charge in [0.2, 0.25) is 0 Å². The Bertz CT molecular complexity index is 831. The molecule has 0 spiro atoms. The summed E-state index contributed by atoms with van der Waals surface area (Å²) in [5, 5.41) is 0. The summed E-state index contributed by atoms with van der Waals surface area (Å²) < 4.78 is 49.2. The van der Waals surface area contributed by atoms with Gasteiger partial charge < -0.3 is 9.47 Å². The zero-order valence-electron chi connectivity index (χ0n) is 13.8. The Hall–Kier alpha value is -2.15. The lowest BCUT2D eigenvalue weighted by Gasteiger charge is -2.31. The van der Waals surface area contributed by atoms with Gasteiger partial charge in [-0.2, -0.15) is 13.2 Å². The molecule has 1 aliphatic rings. The fourth-order valence-electron chi connectivity index (χ4n) is 2.66. The second kappa shape index (κ2) is 6.29. The number of nitrogens with zero attached hydrogens (tertiary/aromatic N) is 1. The Balaban J connectivity index is 2.11. The van der Waals surface area contributed by atoms with Crippen LogP contribution in [-0.4, -0.2) is 23.2 Å². The first kappa shape index (κ1) is 17.7. The average molecular weight is 367 g/mol. The Morgan fingerprint density at radius 2 is 1.92 bits per heavy atom. The van der Waals surface area contributed by atoms with E-state index in [-0.39, 0.29) is 16.7 Å². The van der Waals surface area contributed by atoms with E-state index in [0.29, 0.717) is 17.1 Å². The van der Waals surface area contributed by atoms with Gasteiger partial charge in [0.25, 0.3) is 0 Å². The van der Waals surface area contributed by atoms with Gasteiger partial charge in [-0.3, -0.25) is 4.98 Å². The van der Waals surface area contributed by atoms with Crippen molar-refractivity contribution in [3.8, 4) is 11.5 Å². The van der Waals surface area contributed by atoms with Crippen molar-refractivity contribution in [3.05, 3.63) is 53.9 Å². The molecule has 0 unspecified atom stereocenters. The molecule has 0 fully saturated rings. The van der Waals surface area contributed by atoms with E-state index >= 15 is 0 Å². The average Bonchev–Trinajstić information content (AvgIpc) is 2.52. The third-order valence-electron chi connectivity index (χ3n) is 3.60. The predicted molar refractivity (Wildman–Crippen MR) is 90.9 cm³/mol. The highest BCUT2D eigenvalue weighted by Crippen LogP contribution is 2.44. The molecule has 3 rings (SSSR count). The Morgan fingerprint density at radius 1 is 1.16 bits per heavy atom. The molecule has 0 bridgehead atoms. The third kappa shape index (κ3) is 4.10. The van der Waals surface area contributed by atoms with E-state index in [1.807, 2.05) is 19.9 Å². The summed E-state index contributed by atoms with van der Waals surface area (Å²) in [5.74, 6) is 1.11. The first-order chi connectivity index (χ1) is 11.7. The standard InChI is InChI=1S/C18H16F3NO2S/c1-17(2)8-15(11-6-12(23-3)10-22-9-11)14-7-13(25-18(19,20)21)4-5-16(14)24-17/h4-10H,1-3H3. The van der Waals surface area contributed by atoms with Crippen LogP contribution in [0.2, 0.25) is 0 Å². The maximum absolute atomic E-state index is 12.7. The molecule has 25 heavy (non-hydrogen) atoms. The second-order valence-electron chi connectivity index (χ2n) is 6.08. The minimum absolute atomic E-state index is 0.108. The van der Waals surface area contributed by atoms with E-state index < -0.39 is 11.1 Å². The fraction of sp³-hybridized carbons (Fsp3) is 0.278.